The average Bonchev–Trinajstić information content (AvgIpc) is 2.59. The van der Waals surface area contributed by atoms with E-state index < -0.39 is 19.0 Å². The van der Waals surface area contributed by atoms with Crippen molar-refractivity contribution < 1.29 is 18.1 Å². The molecule has 4 nitrogen and oxygen atoms in total. The monoisotopic (exact) mass is 312 g/mol. The number of benzene rings is 1. The molecule has 0 bridgehead atoms. The van der Waals surface area contributed by atoms with Crippen molar-refractivity contribution >= 4 is 12.6 Å². The summed E-state index contributed by atoms with van der Waals surface area (Å²) in [5.41, 5.74) is 0.596. The number of hydrogen-bond acceptors (Lipinski definition) is 4. The highest BCUT2D eigenvalue weighted by molar-refractivity contribution is 6.62. The van der Waals surface area contributed by atoms with Crippen LogP contribution >= 0.6 is 0 Å². The molecule has 0 radical (unpaired) electrons. The van der Waals surface area contributed by atoms with Gasteiger partial charge in [-0.3, -0.25) is 0 Å². The summed E-state index contributed by atoms with van der Waals surface area (Å²) >= 11 is 0. The molecule has 0 saturated heterocycles. The number of halogens is 2. The van der Waals surface area contributed by atoms with Crippen LogP contribution in [0.2, 0.25) is 0 Å². The highest BCUT2D eigenvalue weighted by Gasteiger charge is 2.28. The predicted octanol–water partition coefficient (Wildman–Crippen LogP) is 2.61. The van der Waals surface area contributed by atoms with E-state index >= 15 is 0 Å². The van der Waals surface area contributed by atoms with Gasteiger partial charge in [0.05, 0.1) is 0 Å². The van der Waals surface area contributed by atoms with E-state index in [0.29, 0.717) is 5.46 Å². The van der Waals surface area contributed by atoms with Crippen molar-refractivity contribution in [3.05, 3.63) is 78.9 Å². The molecule has 0 fully saturated rings. The van der Waals surface area contributed by atoms with Gasteiger partial charge in [0, 0.05) is 17.9 Å². The molecule has 0 aliphatic rings. The van der Waals surface area contributed by atoms with Crippen LogP contribution in [0.25, 0.3) is 0 Å². The lowest BCUT2D eigenvalue weighted by Gasteiger charge is -2.17. The summed E-state index contributed by atoms with van der Waals surface area (Å²) in [6, 6.07) is 14.7. The third-order valence-electron chi connectivity index (χ3n) is 2.99. The minimum atomic E-state index is -1.05. The minimum Gasteiger partial charge on any atom is -0.519 e. The maximum atomic E-state index is 13.7. The zero-order valence-electron chi connectivity index (χ0n) is 11.9. The molecule has 0 amide bonds. The molecule has 3 rings (SSSR count). The van der Waals surface area contributed by atoms with Crippen LogP contribution in [-0.2, 0) is 0 Å². The first-order valence-electron chi connectivity index (χ1n) is 6.83. The van der Waals surface area contributed by atoms with Crippen molar-refractivity contribution in [1.82, 2.24) is 9.97 Å². The summed E-state index contributed by atoms with van der Waals surface area (Å²) in [7, 11) is -1.05. The molecule has 0 unspecified atom stereocenters. The SMILES string of the molecule is Fc1ncccc1OB(Oc1cccnc1F)c1ccccc1. The number of nitrogens with zero attached hydrogens (tertiary/aromatic N) is 2. The summed E-state index contributed by atoms with van der Waals surface area (Å²) in [6.07, 6.45) is 2.61. The van der Waals surface area contributed by atoms with Crippen molar-refractivity contribution in [3.8, 4) is 11.5 Å². The number of aromatic nitrogens is 2. The van der Waals surface area contributed by atoms with Crippen LogP contribution in [0, 0.1) is 11.9 Å². The van der Waals surface area contributed by atoms with Crippen LogP contribution in [0.3, 0.4) is 0 Å². The topological polar surface area (TPSA) is 44.2 Å². The number of rotatable bonds is 5. The van der Waals surface area contributed by atoms with Gasteiger partial charge in [0.25, 0.3) is 11.9 Å². The van der Waals surface area contributed by atoms with Crippen molar-refractivity contribution in [2.24, 2.45) is 0 Å². The molecule has 23 heavy (non-hydrogen) atoms. The van der Waals surface area contributed by atoms with Crippen molar-refractivity contribution in [3.63, 3.8) is 0 Å². The summed E-state index contributed by atoms with van der Waals surface area (Å²) in [5, 5.41) is 0. The first kappa shape index (κ1) is 15.0. The molecule has 2 heterocycles. The van der Waals surface area contributed by atoms with Crippen molar-refractivity contribution in [2.75, 3.05) is 0 Å². The summed E-state index contributed by atoms with van der Waals surface area (Å²) in [4.78, 5) is 7.03. The second-order valence-electron chi connectivity index (χ2n) is 4.56. The van der Waals surface area contributed by atoms with E-state index in [1.807, 2.05) is 6.07 Å². The Morgan fingerprint density at radius 2 is 1.22 bits per heavy atom. The van der Waals surface area contributed by atoms with E-state index in [1.165, 1.54) is 36.7 Å². The minimum absolute atomic E-state index is 0.0920. The second kappa shape index (κ2) is 6.87. The molecule has 1 aromatic carbocycles. The van der Waals surface area contributed by atoms with E-state index in [1.54, 1.807) is 24.3 Å². The zero-order valence-corrected chi connectivity index (χ0v) is 11.9. The van der Waals surface area contributed by atoms with Gasteiger partial charge >= 0.3 is 7.12 Å². The second-order valence-corrected chi connectivity index (χ2v) is 4.56. The van der Waals surface area contributed by atoms with E-state index in [-0.39, 0.29) is 11.5 Å². The van der Waals surface area contributed by atoms with Crippen LogP contribution in [-0.4, -0.2) is 17.1 Å². The molecule has 0 N–H and O–H groups in total. The lowest BCUT2D eigenvalue weighted by molar-refractivity contribution is 0.394. The number of hydrogen-bond donors (Lipinski definition) is 0. The predicted molar refractivity (Wildman–Crippen MR) is 81.5 cm³/mol. The molecule has 0 spiro atoms. The van der Waals surface area contributed by atoms with Gasteiger partial charge in [-0.1, -0.05) is 30.3 Å². The lowest BCUT2D eigenvalue weighted by Crippen LogP contribution is -2.43. The Hall–Kier alpha value is -2.96. The summed E-state index contributed by atoms with van der Waals surface area (Å²) in [6.45, 7) is 0. The third-order valence-corrected chi connectivity index (χ3v) is 2.99. The molecule has 0 saturated carbocycles. The van der Waals surface area contributed by atoms with Gasteiger partial charge in [0.1, 0.15) is 0 Å². The van der Waals surface area contributed by atoms with Crippen molar-refractivity contribution in [1.29, 1.82) is 0 Å². The smallest absolute Gasteiger partial charge is 0.519 e. The molecule has 0 atom stereocenters. The van der Waals surface area contributed by atoms with Gasteiger partial charge in [0.2, 0.25) is 0 Å². The van der Waals surface area contributed by atoms with E-state index in [9.17, 15) is 8.78 Å². The standard InChI is InChI=1S/C16H11BF2N2O2/c18-15-13(8-4-10-20-15)22-17(12-6-2-1-3-7-12)23-14-9-5-11-21-16(14)19/h1-11H. The fourth-order valence-electron chi connectivity index (χ4n) is 1.92. The summed E-state index contributed by atoms with van der Waals surface area (Å²) in [5.74, 6) is -1.73. The van der Waals surface area contributed by atoms with E-state index in [0.717, 1.165) is 0 Å². The highest BCUT2D eigenvalue weighted by atomic mass is 19.1. The maximum Gasteiger partial charge on any atom is 0.632 e. The van der Waals surface area contributed by atoms with Gasteiger partial charge in [0.15, 0.2) is 11.5 Å². The molecule has 0 aliphatic carbocycles. The van der Waals surface area contributed by atoms with Crippen LogP contribution < -0.4 is 14.8 Å². The Bertz CT molecular complexity index is 742. The van der Waals surface area contributed by atoms with Gasteiger partial charge in [-0.15, -0.1) is 0 Å². The Labute approximate surface area is 131 Å². The van der Waals surface area contributed by atoms with E-state index in [4.69, 9.17) is 9.31 Å². The molecule has 3 aromatic rings. The van der Waals surface area contributed by atoms with Gasteiger partial charge in [-0.2, -0.15) is 8.78 Å². The van der Waals surface area contributed by atoms with Gasteiger partial charge < -0.3 is 9.31 Å². The van der Waals surface area contributed by atoms with Crippen LogP contribution in [0.5, 0.6) is 11.5 Å². The van der Waals surface area contributed by atoms with Crippen LogP contribution in [0.15, 0.2) is 67.0 Å². The lowest BCUT2D eigenvalue weighted by atomic mass is 9.78. The van der Waals surface area contributed by atoms with E-state index in [2.05, 4.69) is 9.97 Å². The molecular weight excluding hydrogens is 301 g/mol. The quantitative estimate of drug-likeness (QED) is 0.536. The fourth-order valence-corrected chi connectivity index (χ4v) is 1.92. The summed E-state index contributed by atoms with van der Waals surface area (Å²) < 4.78 is 38.5. The van der Waals surface area contributed by atoms with Crippen LogP contribution in [0.4, 0.5) is 8.78 Å². The molecule has 0 aliphatic heterocycles. The normalized spacial score (nSPS) is 10.2. The molecule has 114 valence electrons. The first-order valence-corrected chi connectivity index (χ1v) is 6.83. The van der Waals surface area contributed by atoms with Gasteiger partial charge in [-0.05, 0) is 24.3 Å². The molecular formula is C16H11BF2N2O2. The molecule has 2 aromatic heterocycles. The third kappa shape index (κ3) is 3.63. The first-order chi connectivity index (χ1) is 11.2. The largest absolute Gasteiger partial charge is 0.632 e. The number of pyridine rings is 2. The Morgan fingerprint density at radius 3 is 1.70 bits per heavy atom. The Balaban J connectivity index is 1.91. The Kier molecular flexibility index (Phi) is 4.47. The molecule has 7 heteroatoms. The van der Waals surface area contributed by atoms with Gasteiger partial charge in [-0.25, -0.2) is 9.97 Å². The van der Waals surface area contributed by atoms with Crippen molar-refractivity contribution in [2.45, 2.75) is 0 Å². The fraction of sp³-hybridized carbons (Fsp3) is 0. The van der Waals surface area contributed by atoms with Crippen LogP contribution in [0.1, 0.15) is 0 Å². The average molecular weight is 312 g/mol. The maximum absolute atomic E-state index is 13.7. The highest BCUT2D eigenvalue weighted by Crippen LogP contribution is 2.18. The Morgan fingerprint density at radius 1 is 0.696 bits per heavy atom. The zero-order chi connectivity index (χ0) is 16.1.